The molecule has 7 nitrogen and oxygen atoms in total. The quantitative estimate of drug-likeness (QED) is 0.486. The number of nitrogens with zero attached hydrogens (tertiary/aromatic N) is 3. The SMILES string of the molecule is CC(=O)N1CCC(Nc2c(N)cnc3ccc(-c4c[nH]c5ncccc45)cc23)CC1. The largest absolute Gasteiger partial charge is 0.396 e. The molecule has 30 heavy (non-hydrogen) atoms. The molecular formula is C23H24N6O. The average Bonchev–Trinajstić information content (AvgIpc) is 3.20. The highest BCUT2D eigenvalue weighted by atomic mass is 16.2. The highest BCUT2D eigenvalue weighted by Gasteiger charge is 2.22. The van der Waals surface area contributed by atoms with Crippen molar-refractivity contribution in [2.24, 2.45) is 0 Å². The molecule has 0 bridgehead atoms. The summed E-state index contributed by atoms with van der Waals surface area (Å²) in [7, 11) is 0. The predicted octanol–water partition coefficient (Wildman–Crippen LogP) is 3.78. The van der Waals surface area contributed by atoms with Gasteiger partial charge in [0.2, 0.25) is 5.91 Å². The number of aromatic amines is 1. The van der Waals surface area contributed by atoms with Gasteiger partial charge in [0, 0.05) is 54.8 Å². The lowest BCUT2D eigenvalue weighted by Gasteiger charge is -2.32. The molecule has 1 aromatic carbocycles. The van der Waals surface area contributed by atoms with Gasteiger partial charge in [-0.25, -0.2) is 4.98 Å². The van der Waals surface area contributed by atoms with Crippen molar-refractivity contribution in [1.29, 1.82) is 0 Å². The number of benzene rings is 1. The molecular weight excluding hydrogens is 376 g/mol. The number of likely N-dealkylation sites (tertiary alicyclic amines) is 1. The van der Waals surface area contributed by atoms with Crippen molar-refractivity contribution in [3.05, 3.63) is 48.9 Å². The summed E-state index contributed by atoms with van der Waals surface area (Å²) in [6.07, 6.45) is 7.29. The monoisotopic (exact) mass is 400 g/mol. The molecule has 152 valence electrons. The van der Waals surface area contributed by atoms with Crippen LogP contribution in [0.5, 0.6) is 0 Å². The number of pyridine rings is 2. The number of aromatic nitrogens is 3. The average molecular weight is 400 g/mol. The molecule has 7 heteroatoms. The van der Waals surface area contributed by atoms with E-state index in [0.29, 0.717) is 5.69 Å². The predicted molar refractivity (Wildman–Crippen MR) is 120 cm³/mol. The number of nitrogens with one attached hydrogen (secondary N) is 2. The summed E-state index contributed by atoms with van der Waals surface area (Å²) in [5.41, 5.74) is 11.8. The molecule has 4 aromatic rings. The molecule has 3 aromatic heterocycles. The lowest BCUT2D eigenvalue weighted by Crippen LogP contribution is -2.41. The molecule has 1 amide bonds. The van der Waals surface area contributed by atoms with Crippen molar-refractivity contribution < 1.29 is 4.79 Å². The summed E-state index contributed by atoms with van der Waals surface area (Å²) in [5, 5.41) is 5.72. The molecule has 0 aliphatic carbocycles. The molecule has 1 aliphatic heterocycles. The summed E-state index contributed by atoms with van der Waals surface area (Å²) in [5.74, 6) is 0.139. The van der Waals surface area contributed by atoms with E-state index in [2.05, 4.69) is 38.5 Å². The summed E-state index contributed by atoms with van der Waals surface area (Å²) in [4.78, 5) is 25.7. The Bertz CT molecular complexity index is 1240. The number of hydrogen-bond acceptors (Lipinski definition) is 5. The first kappa shape index (κ1) is 18.4. The van der Waals surface area contributed by atoms with Crippen molar-refractivity contribution in [3.63, 3.8) is 0 Å². The minimum atomic E-state index is 0.139. The number of hydrogen-bond donors (Lipinski definition) is 3. The molecule has 1 saturated heterocycles. The standard InChI is InChI=1S/C23H24N6O/c1-14(30)29-9-6-16(7-10-29)28-22-18-11-15(4-5-21(18)26-13-20(22)24)19-12-27-23-17(19)3-2-8-25-23/h2-5,8,11-13,16H,6-7,9-10,24H2,1H3,(H,25,27)(H,26,28). The summed E-state index contributed by atoms with van der Waals surface area (Å²) in [6.45, 7) is 3.16. The van der Waals surface area contributed by atoms with Gasteiger partial charge in [-0.15, -0.1) is 0 Å². The van der Waals surface area contributed by atoms with Crippen molar-refractivity contribution in [2.75, 3.05) is 24.1 Å². The van der Waals surface area contributed by atoms with E-state index in [1.807, 2.05) is 23.2 Å². The first-order chi connectivity index (χ1) is 14.6. The Hall–Kier alpha value is -3.61. The van der Waals surface area contributed by atoms with Crippen LogP contribution in [0.3, 0.4) is 0 Å². The van der Waals surface area contributed by atoms with E-state index in [-0.39, 0.29) is 11.9 Å². The minimum absolute atomic E-state index is 0.139. The van der Waals surface area contributed by atoms with Crippen LogP contribution in [0.1, 0.15) is 19.8 Å². The van der Waals surface area contributed by atoms with E-state index in [1.54, 1.807) is 19.3 Å². The zero-order valence-corrected chi connectivity index (χ0v) is 16.9. The van der Waals surface area contributed by atoms with Crippen LogP contribution in [0.2, 0.25) is 0 Å². The number of anilines is 2. The Morgan fingerprint density at radius 2 is 2.03 bits per heavy atom. The number of nitrogens with two attached hydrogens (primary N) is 1. The van der Waals surface area contributed by atoms with Gasteiger partial charge in [-0.1, -0.05) is 6.07 Å². The normalized spacial score (nSPS) is 15.0. The zero-order valence-electron chi connectivity index (χ0n) is 16.9. The topological polar surface area (TPSA) is 99.9 Å². The van der Waals surface area contributed by atoms with Gasteiger partial charge >= 0.3 is 0 Å². The Morgan fingerprint density at radius 1 is 1.20 bits per heavy atom. The number of H-pyrrole nitrogens is 1. The highest BCUT2D eigenvalue weighted by Crippen LogP contribution is 2.35. The van der Waals surface area contributed by atoms with Gasteiger partial charge < -0.3 is 20.9 Å². The van der Waals surface area contributed by atoms with Crippen molar-refractivity contribution in [3.8, 4) is 11.1 Å². The second-order valence-corrected chi connectivity index (χ2v) is 7.85. The fourth-order valence-electron chi connectivity index (χ4n) is 4.27. The van der Waals surface area contributed by atoms with Crippen LogP contribution in [0.25, 0.3) is 33.1 Å². The second kappa shape index (κ2) is 7.33. The van der Waals surface area contributed by atoms with Crippen molar-refractivity contribution in [1.82, 2.24) is 19.9 Å². The smallest absolute Gasteiger partial charge is 0.219 e. The molecule has 0 spiro atoms. The number of rotatable bonds is 3. The van der Waals surface area contributed by atoms with Crippen LogP contribution >= 0.6 is 0 Å². The van der Waals surface area contributed by atoms with Crippen LogP contribution < -0.4 is 11.1 Å². The summed E-state index contributed by atoms with van der Waals surface area (Å²) in [6, 6.07) is 10.5. The Labute approximate surface area is 174 Å². The van der Waals surface area contributed by atoms with E-state index >= 15 is 0 Å². The van der Waals surface area contributed by atoms with Gasteiger partial charge in [-0.2, -0.15) is 0 Å². The molecule has 5 rings (SSSR count). The van der Waals surface area contributed by atoms with Crippen LogP contribution in [-0.2, 0) is 4.79 Å². The molecule has 0 saturated carbocycles. The third kappa shape index (κ3) is 3.22. The maximum Gasteiger partial charge on any atom is 0.219 e. The number of carbonyl (C=O) groups excluding carboxylic acids is 1. The fourth-order valence-corrected chi connectivity index (χ4v) is 4.27. The first-order valence-electron chi connectivity index (χ1n) is 10.2. The van der Waals surface area contributed by atoms with Crippen LogP contribution in [0.15, 0.2) is 48.9 Å². The van der Waals surface area contributed by atoms with Gasteiger partial charge in [-0.3, -0.25) is 9.78 Å². The minimum Gasteiger partial charge on any atom is -0.396 e. The van der Waals surface area contributed by atoms with Gasteiger partial charge in [0.15, 0.2) is 0 Å². The molecule has 0 radical (unpaired) electrons. The van der Waals surface area contributed by atoms with Gasteiger partial charge in [0.1, 0.15) is 5.65 Å². The van der Waals surface area contributed by atoms with E-state index in [1.165, 1.54) is 0 Å². The second-order valence-electron chi connectivity index (χ2n) is 7.85. The third-order valence-corrected chi connectivity index (χ3v) is 5.95. The van der Waals surface area contributed by atoms with E-state index in [0.717, 1.165) is 64.7 Å². The van der Waals surface area contributed by atoms with Crippen LogP contribution in [0, 0.1) is 0 Å². The van der Waals surface area contributed by atoms with E-state index < -0.39 is 0 Å². The maximum absolute atomic E-state index is 11.6. The maximum atomic E-state index is 11.6. The zero-order chi connectivity index (χ0) is 20.7. The molecule has 1 aliphatic rings. The van der Waals surface area contributed by atoms with Crippen molar-refractivity contribution in [2.45, 2.75) is 25.8 Å². The molecule has 4 heterocycles. The number of amides is 1. The fraction of sp³-hybridized carbons (Fsp3) is 0.261. The Balaban J connectivity index is 1.51. The number of piperidine rings is 1. The van der Waals surface area contributed by atoms with Crippen LogP contribution in [0.4, 0.5) is 11.4 Å². The number of nitrogen functional groups attached to an aromatic ring is 1. The van der Waals surface area contributed by atoms with Gasteiger partial charge in [0.25, 0.3) is 0 Å². The first-order valence-corrected chi connectivity index (χ1v) is 10.2. The van der Waals surface area contributed by atoms with E-state index in [9.17, 15) is 4.79 Å². The Kier molecular flexibility index (Phi) is 4.50. The third-order valence-electron chi connectivity index (χ3n) is 5.95. The number of carbonyl (C=O) groups is 1. The number of fused-ring (bicyclic) bond motifs is 2. The summed E-state index contributed by atoms with van der Waals surface area (Å²) >= 11 is 0. The molecule has 0 atom stereocenters. The van der Waals surface area contributed by atoms with Gasteiger partial charge in [0.05, 0.1) is 23.1 Å². The van der Waals surface area contributed by atoms with Crippen molar-refractivity contribution >= 4 is 39.2 Å². The van der Waals surface area contributed by atoms with Crippen LogP contribution in [-0.4, -0.2) is 44.9 Å². The summed E-state index contributed by atoms with van der Waals surface area (Å²) < 4.78 is 0. The molecule has 1 fully saturated rings. The Morgan fingerprint density at radius 3 is 2.83 bits per heavy atom. The highest BCUT2D eigenvalue weighted by molar-refractivity contribution is 6.02. The molecule has 4 N–H and O–H groups in total. The van der Waals surface area contributed by atoms with E-state index in [4.69, 9.17) is 5.73 Å². The lowest BCUT2D eigenvalue weighted by molar-refractivity contribution is -0.129. The lowest BCUT2D eigenvalue weighted by atomic mass is 10.0. The molecule has 0 unspecified atom stereocenters. The van der Waals surface area contributed by atoms with Gasteiger partial charge in [-0.05, 0) is 42.7 Å².